The van der Waals surface area contributed by atoms with Gasteiger partial charge in [0.25, 0.3) is 0 Å². The van der Waals surface area contributed by atoms with Gasteiger partial charge in [-0.2, -0.15) is 0 Å². The van der Waals surface area contributed by atoms with Crippen LogP contribution in [0.2, 0.25) is 0 Å². The van der Waals surface area contributed by atoms with E-state index in [0.29, 0.717) is 35.7 Å². The molecule has 2 heterocycles. The van der Waals surface area contributed by atoms with Gasteiger partial charge in [0, 0.05) is 11.6 Å². The summed E-state index contributed by atoms with van der Waals surface area (Å²) in [4.78, 5) is 25.7. The number of carbonyl (C=O) groups excluding carboxylic acids is 1. The number of carbonyl (C=O) groups is 1. The van der Waals surface area contributed by atoms with Gasteiger partial charge < -0.3 is 24.1 Å². The van der Waals surface area contributed by atoms with Gasteiger partial charge in [-0.05, 0) is 100 Å². The Morgan fingerprint density at radius 1 is 1.14 bits per heavy atom. The van der Waals surface area contributed by atoms with Crippen molar-refractivity contribution in [2.24, 2.45) is 28.6 Å². The third kappa shape index (κ3) is 6.30. The van der Waals surface area contributed by atoms with Crippen LogP contribution in [0.3, 0.4) is 0 Å². The molecule has 7 nitrogen and oxygen atoms in total. The van der Waals surface area contributed by atoms with E-state index >= 15 is 0 Å². The van der Waals surface area contributed by atoms with Crippen molar-refractivity contribution in [3.8, 4) is 5.75 Å². The van der Waals surface area contributed by atoms with Gasteiger partial charge in [0.15, 0.2) is 0 Å². The number of aliphatic hydroxyl groups excluding tert-OH is 1. The number of hydrogen-bond acceptors (Lipinski definition) is 7. The zero-order valence-electron chi connectivity index (χ0n) is 27.4. The van der Waals surface area contributed by atoms with Gasteiger partial charge in [-0.25, -0.2) is 9.59 Å². The number of fused-ring (bicyclic) bond motifs is 3. The van der Waals surface area contributed by atoms with Crippen LogP contribution in [0.4, 0.5) is 0 Å². The molecule has 0 spiro atoms. The van der Waals surface area contributed by atoms with E-state index in [0.717, 1.165) is 25.7 Å². The number of aryl methyl sites for hydroxylation is 1. The molecule has 0 radical (unpaired) electrons. The molecule has 0 aromatic carbocycles. The molecule has 1 aliphatic heterocycles. The van der Waals surface area contributed by atoms with Crippen molar-refractivity contribution in [3.63, 3.8) is 0 Å². The van der Waals surface area contributed by atoms with Gasteiger partial charge in [-0.3, -0.25) is 0 Å². The van der Waals surface area contributed by atoms with Crippen molar-refractivity contribution in [2.75, 3.05) is 0 Å². The molecule has 0 amide bonds. The second kappa shape index (κ2) is 12.4. The normalized spacial score (nSPS) is 34.9. The molecule has 0 bridgehead atoms. The Hall–Kier alpha value is -2.64. The van der Waals surface area contributed by atoms with Crippen molar-refractivity contribution < 1.29 is 28.9 Å². The third-order valence-corrected chi connectivity index (χ3v) is 11.3. The Balaban J connectivity index is 1.60. The van der Waals surface area contributed by atoms with Crippen molar-refractivity contribution in [1.29, 1.82) is 0 Å². The van der Waals surface area contributed by atoms with E-state index in [-0.39, 0.29) is 52.5 Å². The van der Waals surface area contributed by atoms with Crippen LogP contribution >= 0.6 is 0 Å². The first kappa shape index (κ1) is 33.3. The first-order valence-electron chi connectivity index (χ1n) is 16.0. The van der Waals surface area contributed by atoms with Gasteiger partial charge >= 0.3 is 11.6 Å². The van der Waals surface area contributed by atoms with E-state index < -0.39 is 23.4 Å². The van der Waals surface area contributed by atoms with Crippen molar-refractivity contribution in [3.05, 3.63) is 63.8 Å². The monoisotopic (exact) mass is 596 g/mol. The average Bonchev–Trinajstić information content (AvgIpc) is 3.04. The second-order valence-corrected chi connectivity index (χ2v) is 14.4. The summed E-state index contributed by atoms with van der Waals surface area (Å²) in [5.74, 6) is 0.262. The molecule has 3 aliphatic rings. The van der Waals surface area contributed by atoms with Crippen LogP contribution in [0, 0.1) is 42.4 Å². The molecular weight excluding hydrogens is 544 g/mol. The Morgan fingerprint density at radius 2 is 1.81 bits per heavy atom. The lowest BCUT2D eigenvalue weighted by molar-refractivity contribution is -0.209. The molecule has 43 heavy (non-hydrogen) atoms. The number of ether oxygens (including phenoxy) is 2. The highest BCUT2D eigenvalue weighted by Gasteiger charge is 2.62. The summed E-state index contributed by atoms with van der Waals surface area (Å²) >= 11 is 0. The minimum Gasteiger partial charge on any atom is -0.507 e. The lowest BCUT2D eigenvalue weighted by Gasteiger charge is -2.62. The number of aromatic hydroxyl groups is 1. The number of rotatable bonds is 7. The molecule has 2 aliphatic carbocycles. The highest BCUT2D eigenvalue weighted by molar-refractivity contribution is 5.82. The number of esters is 1. The van der Waals surface area contributed by atoms with Gasteiger partial charge in [-0.15, -0.1) is 0 Å². The second-order valence-electron chi connectivity index (χ2n) is 14.4. The molecule has 1 saturated heterocycles. The van der Waals surface area contributed by atoms with Crippen molar-refractivity contribution in [1.82, 2.24) is 0 Å². The fourth-order valence-corrected chi connectivity index (χ4v) is 8.09. The summed E-state index contributed by atoms with van der Waals surface area (Å²) in [5.41, 5.74) is -0.337. The largest absolute Gasteiger partial charge is 0.507 e. The van der Waals surface area contributed by atoms with Crippen molar-refractivity contribution >= 4 is 5.97 Å². The van der Waals surface area contributed by atoms with E-state index in [4.69, 9.17) is 13.9 Å². The summed E-state index contributed by atoms with van der Waals surface area (Å²) in [6.07, 6.45) is 10.8. The van der Waals surface area contributed by atoms with Crippen LogP contribution in [0.1, 0.15) is 97.0 Å². The van der Waals surface area contributed by atoms with Gasteiger partial charge in [0.05, 0.1) is 23.4 Å². The lowest BCUT2D eigenvalue weighted by Crippen LogP contribution is -2.59. The van der Waals surface area contributed by atoms with E-state index in [1.165, 1.54) is 6.08 Å². The van der Waals surface area contributed by atoms with Crippen LogP contribution in [-0.2, 0) is 20.7 Å². The quantitative estimate of drug-likeness (QED) is 0.153. The van der Waals surface area contributed by atoms with E-state index in [1.54, 1.807) is 19.9 Å². The Labute approximate surface area is 257 Å². The number of hydrogen-bond donors (Lipinski definition) is 2. The molecule has 4 rings (SSSR count). The topological polar surface area (TPSA) is 106 Å². The van der Waals surface area contributed by atoms with Gasteiger partial charge in [0.2, 0.25) is 0 Å². The number of aliphatic hydroxyl groups is 1. The van der Waals surface area contributed by atoms with Gasteiger partial charge in [0.1, 0.15) is 17.6 Å². The maximum Gasteiger partial charge on any atom is 0.342 e. The molecule has 7 heteroatoms. The molecule has 2 N–H and O–H groups in total. The first-order valence-corrected chi connectivity index (χ1v) is 16.0. The molecule has 1 aromatic rings. The maximum absolute atomic E-state index is 12.9. The van der Waals surface area contributed by atoms with Gasteiger partial charge in [-0.1, -0.05) is 58.9 Å². The van der Waals surface area contributed by atoms with Crippen LogP contribution in [0.15, 0.2) is 45.7 Å². The molecule has 3 fully saturated rings. The van der Waals surface area contributed by atoms with Crippen LogP contribution in [0.5, 0.6) is 5.75 Å². The SMILES string of the molecule is C=C1[C@@H](O)C[C@H]2[C@]3(C)CC[C@H](OC(=O)/C=C/C=C/[C@@H](C)CC)C(C)(C)O[C@@H]3CC[C@]2(C)[C@H]1Cc1c(O)c(C)c(C)oc1=O. The van der Waals surface area contributed by atoms with E-state index in [9.17, 15) is 19.8 Å². The standard InChI is InChI=1S/C36H52O7/c1-10-21(2)13-11-12-14-31(38)42-29-15-18-36(9)28-20-27(37)23(4)26(19-25-32(39)22(3)24(5)41-33(25)40)35(28,8)17-16-30(36)43-34(29,6)7/h11-14,21,26-30,37,39H,4,10,15-20H2,1-3,5-9H3/b13-11+,14-12+/t21-,26-,27-,28+,29-,30+,35+,36-/m0/s1. The molecule has 238 valence electrons. The minimum absolute atomic E-state index is 0.0321. The van der Waals surface area contributed by atoms with Crippen molar-refractivity contribution in [2.45, 2.75) is 124 Å². The fraction of sp³-hybridized carbons (Fsp3) is 0.667. The lowest BCUT2D eigenvalue weighted by atomic mass is 9.44. The van der Waals surface area contributed by atoms with Crippen LogP contribution < -0.4 is 5.63 Å². The summed E-state index contributed by atoms with van der Waals surface area (Å²) in [6.45, 7) is 20.5. The predicted molar refractivity (Wildman–Crippen MR) is 168 cm³/mol. The van der Waals surface area contributed by atoms with E-state index in [2.05, 4.69) is 40.3 Å². The zero-order chi connectivity index (χ0) is 31.9. The average molecular weight is 597 g/mol. The Kier molecular flexibility index (Phi) is 9.59. The molecule has 2 saturated carbocycles. The summed E-state index contributed by atoms with van der Waals surface area (Å²) in [6, 6.07) is 0. The highest BCUT2D eigenvalue weighted by atomic mass is 16.6. The molecular formula is C36H52O7. The molecule has 1 aromatic heterocycles. The molecule has 0 unspecified atom stereocenters. The fourth-order valence-electron chi connectivity index (χ4n) is 8.09. The molecule has 8 atom stereocenters. The Bertz CT molecular complexity index is 1340. The zero-order valence-corrected chi connectivity index (χ0v) is 27.4. The minimum atomic E-state index is -0.738. The predicted octanol–water partition coefficient (Wildman–Crippen LogP) is 6.89. The third-order valence-electron chi connectivity index (χ3n) is 11.3. The maximum atomic E-state index is 12.9. The smallest absolute Gasteiger partial charge is 0.342 e. The summed E-state index contributed by atoms with van der Waals surface area (Å²) in [7, 11) is 0. The Morgan fingerprint density at radius 3 is 2.49 bits per heavy atom. The van der Waals surface area contributed by atoms with Crippen LogP contribution in [-0.4, -0.2) is 40.1 Å². The highest BCUT2D eigenvalue weighted by Crippen LogP contribution is 2.64. The summed E-state index contributed by atoms with van der Waals surface area (Å²) < 4.78 is 18.3. The summed E-state index contributed by atoms with van der Waals surface area (Å²) in [5, 5.41) is 22.3. The first-order chi connectivity index (χ1) is 20.0. The van der Waals surface area contributed by atoms with Crippen LogP contribution in [0.25, 0.3) is 0 Å². The number of allylic oxidation sites excluding steroid dienone is 3. The van der Waals surface area contributed by atoms with E-state index in [1.807, 2.05) is 19.9 Å².